The maximum absolute atomic E-state index is 11.9. The van der Waals surface area contributed by atoms with E-state index in [1.54, 1.807) is 12.1 Å². The molecule has 3 N–H and O–H groups in total. The molecule has 2 rings (SSSR count). The highest BCUT2D eigenvalue weighted by Gasteiger charge is 2.11. The summed E-state index contributed by atoms with van der Waals surface area (Å²) in [6.45, 7) is 0.437. The van der Waals surface area contributed by atoms with Crippen molar-refractivity contribution in [2.45, 2.75) is 12.3 Å². The smallest absolute Gasteiger partial charge is 0.237 e. The Hall–Kier alpha value is -1.99. The van der Waals surface area contributed by atoms with Gasteiger partial charge < -0.3 is 5.73 Å². The predicted molar refractivity (Wildman–Crippen MR) is 72.6 cm³/mol. The van der Waals surface area contributed by atoms with Gasteiger partial charge in [0.25, 0.3) is 0 Å². The lowest BCUT2D eigenvalue weighted by Gasteiger charge is -2.07. The zero-order chi connectivity index (χ0) is 13.7. The van der Waals surface area contributed by atoms with Gasteiger partial charge in [0, 0.05) is 6.54 Å². The van der Waals surface area contributed by atoms with E-state index in [9.17, 15) is 8.42 Å². The van der Waals surface area contributed by atoms with Gasteiger partial charge in [-0.25, -0.2) is 18.4 Å². The number of hydrogen-bond acceptors (Lipinski definition) is 5. The number of nitrogens with one attached hydrogen (secondary N) is 1. The monoisotopic (exact) mass is 278 g/mol. The molecule has 7 heteroatoms. The van der Waals surface area contributed by atoms with Gasteiger partial charge in [-0.2, -0.15) is 0 Å². The second-order valence-electron chi connectivity index (χ2n) is 4.01. The SMILES string of the molecule is NCc1ccc(CS(=O)(=O)Nc2cncnc2)cc1. The molecule has 1 aromatic carbocycles. The van der Waals surface area contributed by atoms with Crippen molar-refractivity contribution < 1.29 is 8.42 Å². The topological polar surface area (TPSA) is 98.0 Å². The third kappa shape index (κ3) is 4.01. The quantitative estimate of drug-likeness (QED) is 0.846. The summed E-state index contributed by atoms with van der Waals surface area (Å²) < 4.78 is 26.3. The Morgan fingerprint density at radius 1 is 1.05 bits per heavy atom. The van der Waals surface area contributed by atoms with E-state index in [-0.39, 0.29) is 5.75 Å². The minimum absolute atomic E-state index is 0.104. The highest BCUT2D eigenvalue weighted by atomic mass is 32.2. The number of benzene rings is 1. The molecular weight excluding hydrogens is 264 g/mol. The maximum Gasteiger partial charge on any atom is 0.237 e. The highest BCUT2D eigenvalue weighted by molar-refractivity contribution is 7.91. The van der Waals surface area contributed by atoms with Crippen LogP contribution in [-0.2, 0) is 22.3 Å². The van der Waals surface area contributed by atoms with Crippen LogP contribution in [0.2, 0.25) is 0 Å². The van der Waals surface area contributed by atoms with Crippen molar-refractivity contribution in [3.05, 3.63) is 54.1 Å². The van der Waals surface area contributed by atoms with Gasteiger partial charge in [0.05, 0.1) is 23.8 Å². The lowest BCUT2D eigenvalue weighted by atomic mass is 10.1. The third-order valence-electron chi connectivity index (χ3n) is 2.45. The summed E-state index contributed by atoms with van der Waals surface area (Å²) in [6.07, 6.45) is 4.15. The van der Waals surface area contributed by atoms with Gasteiger partial charge in [-0.1, -0.05) is 24.3 Å². The molecule has 0 fully saturated rings. The van der Waals surface area contributed by atoms with Crippen LogP contribution in [0.15, 0.2) is 43.0 Å². The van der Waals surface area contributed by atoms with Crippen LogP contribution in [0, 0.1) is 0 Å². The normalized spacial score (nSPS) is 11.2. The molecule has 0 amide bonds. The first-order chi connectivity index (χ1) is 9.09. The maximum atomic E-state index is 11.9. The van der Waals surface area contributed by atoms with Crippen molar-refractivity contribution in [2.75, 3.05) is 4.72 Å². The van der Waals surface area contributed by atoms with Gasteiger partial charge in [0.2, 0.25) is 10.0 Å². The molecule has 0 spiro atoms. The molecule has 0 aliphatic carbocycles. The zero-order valence-electron chi connectivity index (χ0n) is 10.2. The van der Waals surface area contributed by atoms with E-state index in [1.807, 2.05) is 12.1 Å². The summed E-state index contributed by atoms with van der Waals surface area (Å²) >= 11 is 0. The molecule has 0 bridgehead atoms. The molecule has 0 aliphatic rings. The van der Waals surface area contributed by atoms with Crippen LogP contribution in [0.1, 0.15) is 11.1 Å². The average Bonchev–Trinajstić information content (AvgIpc) is 2.39. The first-order valence-electron chi connectivity index (χ1n) is 5.62. The van der Waals surface area contributed by atoms with Gasteiger partial charge in [-0.3, -0.25) is 4.72 Å². The second kappa shape index (κ2) is 5.77. The first kappa shape index (κ1) is 13.4. The average molecular weight is 278 g/mol. The van der Waals surface area contributed by atoms with Crippen LogP contribution in [0.3, 0.4) is 0 Å². The lowest BCUT2D eigenvalue weighted by molar-refractivity contribution is 0.600. The number of anilines is 1. The summed E-state index contributed by atoms with van der Waals surface area (Å²) in [6, 6.07) is 7.14. The number of rotatable bonds is 5. The van der Waals surface area contributed by atoms with Crippen LogP contribution >= 0.6 is 0 Å². The van der Waals surface area contributed by atoms with Crippen molar-refractivity contribution in [2.24, 2.45) is 5.73 Å². The molecule has 0 saturated heterocycles. The van der Waals surface area contributed by atoms with E-state index in [4.69, 9.17) is 5.73 Å². The Kier molecular flexibility index (Phi) is 4.08. The summed E-state index contributed by atoms with van der Waals surface area (Å²) in [5.41, 5.74) is 7.49. The van der Waals surface area contributed by atoms with Crippen LogP contribution in [0.5, 0.6) is 0 Å². The predicted octanol–water partition coefficient (Wildman–Crippen LogP) is 0.877. The number of nitrogens with zero attached hydrogens (tertiary/aromatic N) is 2. The molecule has 0 atom stereocenters. The first-order valence-corrected chi connectivity index (χ1v) is 7.28. The molecule has 19 heavy (non-hydrogen) atoms. The van der Waals surface area contributed by atoms with Crippen LogP contribution in [-0.4, -0.2) is 18.4 Å². The molecule has 0 unspecified atom stereocenters. The third-order valence-corrected chi connectivity index (χ3v) is 3.71. The van der Waals surface area contributed by atoms with Crippen LogP contribution < -0.4 is 10.5 Å². The molecule has 1 aromatic heterocycles. The second-order valence-corrected chi connectivity index (χ2v) is 5.73. The van der Waals surface area contributed by atoms with Crippen LogP contribution in [0.25, 0.3) is 0 Å². The highest BCUT2D eigenvalue weighted by Crippen LogP contribution is 2.11. The van der Waals surface area contributed by atoms with Gasteiger partial charge in [0.15, 0.2) is 0 Å². The molecular formula is C12H14N4O2S. The van der Waals surface area contributed by atoms with E-state index in [0.717, 1.165) is 5.56 Å². The fourth-order valence-electron chi connectivity index (χ4n) is 1.56. The Morgan fingerprint density at radius 3 is 2.21 bits per heavy atom. The Bertz CT molecular complexity index is 627. The standard InChI is InChI=1S/C12H14N4O2S/c13-5-10-1-3-11(4-2-10)8-19(17,18)16-12-6-14-9-15-7-12/h1-4,6-7,9,16H,5,8,13H2. The minimum atomic E-state index is -3.47. The molecule has 6 nitrogen and oxygen atoms in total. The summed E-state index contributed by atoms with van der Waals surface area (Å²) in [7, 11) is -3.47. The van der Waals surface area contributed by atoms with Gasteiger partial charge in [-0.15, -0.1) is 0 Å². The van der Waals surface area contributed by atoms with Crippen molar-refractivity contribution in [1.29, 1.82) is 0 Å². The van der Waals surface area contributed by atoms with E-state index >= 15 is 0 Å². The van der Waals surface area contributed by atoms with E-state index in [2.05, 4.69) is 14.7 Å². The van der Waals surface area contributed by atoms with E-state index in [1.165, 1.54) is 18.7 Å². The molecule has 0 radical (unpaired) electrons. The number of nitrogens with two attached hydrogens (primary N) is 1. The fourth-order valence-corrected chi connectivity index (χ4v) is 2.73. The fraction of sp³-hybridized carbons (Fsp3) is 0.167. The Labute approximate surface area is 111 Å². The number of sulfonamides is 1. The Morgan fingerprint density at radius 2 is 1.63 bits per heavy atom. The van der Waals surface area contributed by atoms with Crippen molar-refractivity contribution in [3.8, 4) is 0 Å². The summed E-state index contributed by atoms with van der Waals surface area (Å²) in [5, 5.41) is 0. The lowest BCUT2D eigenvalue weighted by Crippen LogP contribution is -2.15. The van der Waals surface area contributed by atoms with Gasteiger partial charge in [-0.05, 0) is 11.1 Å². The molecule has 0 aliphatic heterocycles. The van der Waals surface area contributed by atoms with Crippen molar-refractivity contribution >= 4 is 15.7 Å². The van der Waals surface area contributed by atoms with Gasteiger partial charge >= 0.3 is 0 Å². The molecule has 100 valence electrons. The summed E-state index contributed by atoms with van der Waals surface area (Å²) in [5.74, 6) is -0.104. The zero-order valence-corrected chi connectivity index (χ0v) is 11.0. The largest absolute Gasteiger partial charge is 0.326 e. The van der Waals surface area contributed by atoms with E-state index in [0.29, 0.717) is 17.8 Å². The van der Waals surface area contributed by atoms with Crippen LogP contribution in [0.4, 0.5) is 5.69 Å². The minimum Gasteiger partial charge on any atom is -0.326 e. The van der Waals surface area contributed by atoms with Gasteiger partial charge in [0.1, 0.15) is 6.33 Å². The number of hydrogen-bond donors (Lipinski definition) is 2. The van der Waals surface area contributed by atoms with Crippen molar-refractivity contribution in [1.82, 2.24) is 9.97 Å². The molecule has 2 aromatic rings. The molecule has 0 saturated carbocycles. The van der Waals surface area contributed by atoms with Crippen molar-refractivity contribution in [3.63, 3.8) is 0 Å². The van der Waals surface area contributed by atoms with E-state index < -0.39 is 10.0 Å². The Balaban J connectivity index is 2.08. The summed E-state index contributed by atoms with van der Waals surface area (Å²) in [4.78, 5) is 7.49. The number of aromatic nitrogens is 2. The molecule has 1 heterocycles.